The van der Waals surface area contributed by atoms with Crippen LogP contribution in [0.2, 0.25) is 0 Å². The minimum Gasteiger partial charge on any atom is -0.462 e. The van der Waals surface area contributed by atoms with E-state index in [-0.39, 0.29) is 5.91 Å². The van der Waals surface area contributed by atoms with Crippen LogP contribution < -0.4 is 0 Å². The topological polar surface area (TPSA) is 64.2 Å². The number of furan rings is 1. The Hall–Kier alpha value is -2.41. The molecule has 3 aromatic heterocycles. The molecule has 0 aliphatic carbocycles. The van der Waals surface area contributed by atoms with Gasteiger partial charge in [-0.15, -0.1) is 11.3 Å². The molecule has 118 valence electrons. The Morgan fingerprint density at radius 2 is 2.39 bits per heavy atom. The molecule has 0 N–H and O–H groups in total. The zero-order valence-electron chi connectivity index (χ0n) is 12.5. The maximum atomic E-state index is 12.7. The van der Waals surface area contributed by atoms with E-state index >= 15 is 0 Å². The van der Waals surface area contributed by atoms with Gasteiger partial charge in [0.15, 0.2) is 10.8 Å². The van der Waals surface area contributed by atoms with Crippen molar-refractivity contribution >= 4 is 17.2 Å². The number of carbonyl (C=O) groups excluding carboxylic acids is 1. The molecule has 0 bridgehead atoms. The van der Waals surface area contributed by atoms with E-state index in [1.807, 2.05) is 29.6 Å². The monoisotopic (exact) mass is 328 g/mol. The summed E-state index contributed by atoms with van der Waals surface area (Å²) in [5.74, 6) is 0.688. The number of imidazole rings is 1. The van der Waals surface area contributed by atoms with Gasteiger partial charge in [-0.05, 0) is 25.0 Å². The average molecular weight is 328 g/mol. The molecule has 1 aliphatic rings. The van der Waals surface area contributed by atoms with E-state index in [0.29, 0.717) is 24.0 Å². The van der Waals surface area contributed by atoms with Crippen molar-refractivity contribution < 1.29 is 9.21 Å². The number of piperidine rings is 1. The predicted octanol–water partition coefficient (Wildman–Crippen LogP) is 3.08. The van der Waals surface area contributed by atoms with Crippen molar-refractivity contribution in [1.29, 1.82) is 0 Å². The smallest absolute Gasteiger partial charge is 0.273 e. The van der Waals surface area contributed by atoms with Crippen molar-refractivity contribution in [3.8, 4) is 10.8 Å². The van der Waals surface area contributed by atoms with E-state index < -0.39 is 0 Å². The van der Waals surface area contributed by atoms with Gasteiger partial charge in [0.1, 0.15) is 5.69 Å². The molecule has 0 spiro atoms. The quantitative estimate of drug-likeness (QED) is 0.741. The van der Waals surface area contributed by atoms with Crippen molar-refractivity contribution in [2.75, 3.05) is 13.1 Å². The third-order valence-corrected chi connectivity index (χ3v) is 4.94. The number of rotatable bonds is 3. The highest BCUT2D eigenvalue weighted by molar-refractivity contribution is 7.13. The SMILES string of the molecule is O=C(c1csc(-c2ccco2)n1)N1CCCC(n2ccnc2)C1. The van der Waals surface area contributed by atoms with Crippen molar-refractivity contribution in [3.05, 3.63) is 48.2 Å². The van der Waals surface area contributed by atoms with Gasteiger partial charge in [-0.2, -0.15) is 0 Å². The van der Waals surface area contributed by atoms with E-state index in [0.717, 1.165) is 24.4 Å². The van der Waals surface area contributed by atoms with Crippen LogP contribution in [0.15, 0.2) is 46.9 Å². The van der Waals surface area contributed by atoms with E-state index in [4.69, 9.17) is 4.42 Å². The Balaban J connectivity index is 1.50. The number of carbonyl (C=O) groups is 1. The molecule has 23 heavy (non-hydrogen) atoms. The van der Waals surface area contributed by atoms with Crippen LogP contribution in [-0.4, -0.2) is 38.4 Å². The number of aromatic nitrogens is 3. The number of amides is 1. The molecule has 0 aromatic carbocycles. The Morgan fingerprint density at radius 3 is 3.17 bits per heavy atom. The molecule has 6 nitrogen and oxygen atoms in total. The molecule has 1 aliphatic heterocycles. The fourth-order valence-electron chi connectivity index (χ4n) is 2.92. The van der Waals surface area contributed by atoms with Crippen LogP contribution >= 0.6 is 11.3 Å². The van der Waals surface area contributed by atoms with Gasteiger partial charge in [-0.1, -0.05) is 0 Å². The summed E-state index contributed by atoms with van der Waals surface area (Å²) in [6.07, 6.45) is 9.21. The summed E-state index contributed by atoms with van der Waals surface area (Å²) in [6.45, 7) is 1.47. The first-order chi connectivity index (χ1) is 11.3. The number of nitrogens with zero attached hydrogens (tertiary/aromatic N) is 4. The summed E-state index contributed by atoms with van der Waals surface area (Å²) in [7, 11) is 0. The molecule has 4 heterocycles. The van der Waals surface area contributed by atoms with Crippen LogP contribution in [0.5, 0.6) is 0 Å². The molecule has 1 unspecified atom stereocenters. The zero-order valence-corrected chi connectivity index (χ0v) is 13.3. The first kappa shape index (κ1) is 14.2. The molecular formula is C16H16N4O2S. The van der Waals surface area contributed by atoms with Gasteiger partial charge < -0.3 is 13.9 Å². The summed E-state index contributed by atoms with van der Waals surface area (Å²) >= 11 is 1.43. The minimum absolute atomic E-state index is 0.0103. The number of thiazole rings is 1. The highest BCUT2D eigenvalue weighted by Gasteiger charge is 2.26. The van der Waals surface area contributed by atoms with Crippen LogP contribution in [0.3, 0.4) is 0 Å². The zero-order chi connectivity index (χ0) is 15.6. The number of hydrogen-bond acceptors (Lipinski definition) is 5. The molecule has 1 saturated heterocycles. The number of hydrogen-bond donors (Lipinski definition) is 0. The van der Waals surface area contributed by atoms with Crippen molar-refractivity contribution in [3.63, 3.8) is 0 Å². The lowest BCUT2D eigenvalue weighted by atomic mass is 10.1. The Kier molecular flexibility index (Phi) is 3.70. The highest BCUT2D eigenvalue weighted by atomic mass is 32.1. The Labute approximate surface area is 137 Å². The average Bonchev–Trinajstić information content (AvgIpc) is 3.36. The van der Waals surface area contributed by atoms with Gasteiger partial charge in [0, 0.05) is 30.9 Å². The maximum Gasteiger partial charge on any atom is 0.273 e. The molecular weight excluding hydrogens is 312 g/mol. The lowest BCUT2D eigenvalue weighted by molar-refractivity contribution is 0.0674. The summed E-state index contributed by atoms with van der Waals surface area (Å²) in [5.41, 5.74) is 0.493. The second-order valence-corrected chi connectivity index (χ2v) is 6.43. The van der Waals surface area contributed by atoms with Crippen molar-refractivity contribution in [1.82, 2.24) is 19.4 Å². The van der Waals surface area contributed by atoms with Crippen LogP contribution in [0.1, 0.15) is 29.4 Å². The van der Waals surface area contributed by atoms with Crippen LogP contribution in [0, 0.1) is 0 Å². The lowest BCUT2D eigenvalue weighted by Gasteiger charge is -2.32. The first-order valence-corrected chi connectivity index (χ1v) is 8.45. The van der Waals surface area contributed by atoms with Crippen LogP contribution in [-0.2, 0) is 0 Å². The molecule has 1 amide bonds. The normalized spacial score (nSPS) is 18.3. The van der Waals surface area contributed by atoms with Gasteiger partial charge in [-0.3, -0.25) is 4.79 Å². The molecule has 0 radical (unpaired) electrons. The third-order valence-electron chi connectivity index (χ3n) is 4.09. The summed E-state index contributed by atoms with van der Waals surface area (Å²) in [6, 6.07) is 3.96. The van der Waals surface area contributed by atoms with Crippen LogP contribution in [0.25, 0.3) is 10.8 Å². The molecule has 0 saturated carbocycles. The second kappa shape index (κ2) is 6.00. The van der Waals surface area contributed by atoms with Crippen molar-refractivity contribution in [2.24, 2.45) is 0 Å². The largest absolute Gasteiger partial charge is 0.462 e. The lowest BCUT2D eigenvalue weighted by Crippen LogP contribution is -2.40. The van der Waals surface area contributed by atoms with E-state index in [2.05, 4.69) is 14.5 Å². The van der Waals surface area contributed by atoms with Crippen molar-refractivity contribution in [2.45, 2.75) is 18.9 Å². The fourth-order valence-corrected chi connectivity index (χ4v) is 3.68. The van der Waals surface area contributed by atoms with Gasteiger partial charge >= 0.3 is 0 Å². The van der Waals surface area contributed by atoms with E-state index in [9.17, 15) is 4.79 Å². The summed E-state index contributed by atoms with van der Waals surface area (Å²) in [5, 5.41) is 2.54. The number of likely N-dealkylation sites (tertiary alicyclic amines) is 1. The van der Waals surface area contributed by atoms with E-state index in [1.165, 1.54) is 11.3 Å². The minimum atomic E-state index is -0.0103. The Morgan fingerprint density at radius 1 is 1.43 bits per heavy atom. The highest BCUT2D eigenvalue weighted by Crippen LogP contribution is 2.26. The maximum absolute atomic E-state index is 12.7. The van der Waals surface area contributed by atoms with Gasteiger partial charge in [0.2, 0.25) is 0 Å². The van der Waals surface area contributed by atoms with E-state index in [1.54, 1.807) is 17.8 Å². The molecule has 4 rings (SSSR count). The van der Waals surface area contributed by atoms with Gasteiger partial charge in [-0.25, -0.2) is 9.97 Å². The molecule has 7 heteroatoms. The predicted molar refractivity (Wildman–Crippen MR) is 86.2 cm³/mol. The molecule has 3 aromatic rings. The fraction of sp³-hybridized carbons (Fsp3) is 0.312. The standard InChI is InChI=1S/C16H16N4O2S/c21-16(13-10-23-15(18-13)14-4-2-8-22-14)19-6-1-3-12(9-19)20-7-5-17-11-20/h2,4-5,7-8,10-12H,1,3,6,9H2. The van der Waals surface area contributed by atoms with Crippen LogP contribution in [0.4, 0.5) is 0 Å². The Bertz CT molecular complexity index is 779. The summed E-state index contributed by atoms with van der Waals surface area (Å²) < 4.78 is 7.41. The first-order valence-electron chi connectivity index (χ1n) is 7.57. The molecule has 1 atom stereocenters. The third kappa shape index (κ3) is 2.79. The summed E-state index contributed by atoms with van der Waals surface area (Å²) in [4.78, 5) is 23.1. The molecule has 1 fully saturated rings. The van der Waals surface area contributed by atoms with Gasteiger partial charge in [0.05, 0.1) is 18.6 Å². The van der Waals surface area contributed by atoms with Gasteiger partial charge in [0.25, 0.3) is 5.91 Å². The second-order valence-electron chi connectivity index (χ2n) is 5.57.